The number of piperazine rings is 1. The topological polar surface area (TPSA) is 53.7 Å². The number of imidazole rings is 1. The summed E-state index contributed by atoms with van der Waals surface area (Å²) in [7, 11) is 0. The molecule has 3 heterocycles. The Labute approximate surface area is 146 Å². The lowest BCUT2D eigenvalue weighted by atomic mass is 10.1. The van der Waals surface area contributed by atoms with Crippen LogP contribution in [-0.2, 0) is 6.54 Å². The van der Waals surface area contributed by atoms with Crippen LogP contribution in [0, 0.1) is 0 Å². The van der Waals surface area contributed by atoms with Crippen molar-refractivity contribution in [2.24, 2.45) is 0 Å². The highest BCUT2D eigenvalue weighted by molar-refractivity contribution is 5.93. The predicted octanol–water partition coefficient (Wildman–Crippen LogP) is 2.08. The van der Waals surface area contributed by atoms with Gasteiger partial charge in [0, 0.05) is 50.8 Å². The van der Waals surface area contributed by atoms with Crippen LogP contribution in [0.5, 0.6) is 0 Å². The summed E-state index contributed by atoms with van der Waals surface area (Å²) in [5.41, 5.74) is 1.77. The van der Waals surface area contributed by atoms with E-state index >= 15 is 0 Å². The molecule has 0 bridgehead atoms. The van der Waals surface area contributed by atoms with Crippen molar-refractivity contribution in [3.63, 3.8) is 0 Å². The largest absolute Gasteiger partial charge is 0.332 e. The van der Waals surface area contributed by atoms with Gasteiger partial charge in [0.2, 0.25) is 5.78 Å². The number of nitrogens with zero attached hydrogens (tertiary/aromatic N) is 5. The number of rotatable bonds is 3. The first-order valence-electron chi connectivity index (χ1n) is 8.58. The molecule has 3 aromatic rings. The second-order valence-electron chi connectivity index (χ2n) is 6.52. The SMILES string of the molecule is C[C@@H]1CN(Cc2ccccc2)CCN1C(=O)c1cn2cccnc2n1. The van der Waals surface area contributed by atoms with Gasteiger partial charge in [-0.2, -0.15) is 0 Å². The highest BCUT2D eigenvalue weighted by Gasteiger charge is 2.29. The van der Waals surface area contributed by atoms with Crippen LogP contribution in [0.3, 0.4) is 0 Å². The molecule has 1 atom stereocenters. The molecular formula is C19H21N5O. The molecule has 0 aliphatic carbocycles. The maximum Gasteiger partial charge on any atom is 0.274 e. The van der Waals surface area contributed by atoms with E-state index in [2.05, 4.69) is 46.1 Å². The Bertz CT molecular complexity index is 843. The summed E-state index contributed by atoms with van der Waals surface area (Å²) in [4.78, 5) is 25.7. The van der Waals surface area contributed by atoms with Crippen LogP contribution in [0.2, 0.25) is 0 Å². The fraction of sp³-hybridized carbons (Fsp3) is 0.316. The van der Waals surface area contributed by atoms with Crippen molar-refractivity contribution < 1.29 is 4.79 Å². The van der Waals surface area contributed by atoms with E-state index in [0.29, 0.717) is 18.0 Å². The van der Waals surface area contributed by atoms with Crippen LogP contribution in [0.15, 0.2) is 55.0 Å². The standard InChI is InChI=1S/C19H21N5O/c1-15-12-22(13-16-6-3-2-4-7-16)10-11-24(15)18(25)17-14-23-9-5-8-20-19(23)21-17/h2-9,14-15H,10-13H2,1H3/t15-/m1/s1. The summed E-state index contributed by atoms with van der Waals surface area (Å²) < 4.78 is 1.78. The Balaban J connectivity index is 1.44. The molecule has 25 heavy (non-hydrogen) atoms. The molecule has 6 nitrogen and oxygen atoms in total. The van der Waals surface area contributed by atoms with Crippen molar-refractivity contribution in [1.29, 1.82) is 0 Å². The summed E-state index contributed by atoms with van der Waals surface area (Å²) >= 11 is 0. The van der Waals surface area contributed by atoms with Crippen LogP contribution in [-0.4, -0.2) is 55.8 Å². The minimum Gasteiger partial charge on any atom is -0.332 e. The zero-order valence-corrected chi connectivity index (χ0v) is 14.2. The molecule has 1 aliphatic heterocycles. The summed E-state index contributed by atoms with van der Waals surface area (Å²) in [5, 5.41) is 0. The van der Waals surface area contributed by atoms with Crippen LogP contribution >= 0.6 is 0 Å². The Morgan fingerprint density at radius 3 is 2.80 bits per heavy atom. The molecule has 4 rings (SSSR count). The lowest BCUT2D eigenvalue weighted by Gasteiger charge is -2.39. The zero-order valence-electron chi connectivity index (χ0n) is 14.2. The Hall–Kier alpha value is -2.73. The van der Waals surface area contributed by atoms with Crippen LogP contribution in [0.25, 0.3) is 5.78 Å². The van der Waals surface area contributed by atoms with E-state index in [9.17, 15) is 4.79 Å². The Morgan fingerprint density at radius 2 is 2.04 bits per heavy atom. The quantitative estimate of drug-likeness (QED) is 0.735. The normalized spacial score (nSPS) is 18.6. The number of carbonyl (C=O) groups excluding carboxylic acids is 1. The zero-order chi connectivity index (χ0) is 17.2. The average Bonchev–Trinajstić information content (AvgIpc) is 3.06. The molecule has 1 amide bonds. The molecular weight excluding hydrogens is 314 g/mol. The lowest BCUT2D eigenvalue weighted by molar-refractivity contribution is 0.0470. The summed E-state index contributed by atoms with van der Waals surface area (Å²) in [6, 6.07) is 12.4. The van der Waals surface area contributed by atoms with Gasteiger partial charge in [0.25, 0.3) is 5.91 Å². The third-order valence-corrected chi connectivity index (χ3v) is 4.68. The first-order chi connectivity index (χ1) is 12.2. The van der Waals surface area contributed by atoms with E-state index in [1.54, 1.807) is 16.8 Å². The van der Waals surface area contributed by atoms with E-state index in [-0.39, 0.29) is 11.9 Å². The van der Waals surface area contributed by atoms with Crippen molar-refractivity contribution >= 4 is 11.7 Å². The molecule has 0 spiro atoms. The van der Waals surface area contributed by atoms with Crippen molar-refractivity contribution in [2.45, 2.75) is 19.5 Å². The number of fused-ring (bicyclic) bond motifs is 1. The minimum absolute atomic E-state index is 0.0163. The van der Waals surface area contributed by atoms with Gasteiger partial charge in [0.1, 0.15) is 5.69 Å². The molecule has 128 valence electrons. The first-order valence-corrected chi connectivity index (χ1v) is 8.58. The van der Waals surface area contributed by atoms with Gasteiger partial charge in [-0.25, -0.2) is 9.97 Å². The maximum absolute atomic E-state index is 12.8. The van der Waals surface area contributed by atoms with Gasteiger partial charge in [0.15, 0.2) is 0 Å². The first kappa shape index (κ1) is 15.8. The third kappa shape index (κ3) is 3.25. The number of aromatic nitrogens is 3. The number of amides is 1. The van der Waals surface area contributed by atoms with E-state index in [1.165, 1.54) is 5.56 Å². The van der Waals surface area contributed by atoms with E-state index in [0.717, 1.165) is 19.6 Å². The highest BCUT2D eigenvalue weighted by atomic mass is 16.2. The molecule has 1 aromatic carbocycles. The second kappa shape index (κ2) is 6.64. The lowest BCUT2D eigenvalue weighted by Crippen LogP contribution is -2.53. The molecule has 6 heteroatoms. The van der Waals surface area contributed by atoms with Gasteiger partial charge in [0.05, 0.1) is 0 Å². The number of benzene rings is 1. The van der Waals surface area contributed by atoms with Gasteiger partial charge >= 0.3 is 0 Å². The van der Waals surface area contributed by atoms with E-state index in [1.807, 2.05) is 23.2 Å². The predicted molar refractivity (Wildman–Crippen MR) is 95.2 cm³/mol. The monoisotopic (exact) mass is 335 g/mol. The van der Waals surface area contributed by atoms with Crippen LogP contribution in [0.4, 0.5) is 0 Å². The molecule has 1 saturated heterocycles. The molecule has 1 aliphatic rings. The average molecular weight is 335 g/mol. The van der Waals surface area contributed by atoms with Crippen molar-refractivity contribution in [3.8, 4) is 0 Å². The summed E-state index contributed by atoms with van der Waals surface area (Å²) in [5.74, 6) is 0.540. The third-order valence-electron chi connectivity index (χ3n) is 4.68. The number of carbonyl (C=O) groups is 1. The Morgan fingerprint density at radius 1 is 1.20 bits per heavy atom. The summed E-state index contributed by atoms with van der Waals surface area (Å²) in [6.45, 7) is 5.48. The smallest absolute Gasteiger partial charge is 0.274 e. The highest BCUT2D eigenvalue weighted by Crippen LogP contribution is 2.16. The molecule has 0 saturated carbocycles. The number of hydrogen-bond acceptors (Lipinski definition) is 4. The van der Waals surface area contributed by atoms with E-state index < -0.39 is 0 Å². The Kier molecular flexibility index (Phi) is 4.19. The van der Waals surface area contributed by atoms with E-state index in [4.69, 9.17) is 0 Å². The number of hydrogen-bond donors (Lipinski definition) is 0. The fourth-order valence-electron chi connectivity index (χ4n) is 3.40. The van der Waals surface area contributed by atoms with Crippen LogP contribution in [0.1, 0.15) is 23.0 Å². The van der Waals surface area contributed by atoms with Gasteiger partial charge in [-0.3, -0.25) is 14.1 Å². The maximum atomic E-state index is 12.8. The van der Waals surface area contributed by atoms with Crippen molar-refractivity contribution in [1.82, 2.24) is 24.2 Å². The second-order valence-corrected chi connectivity index (χ2v) is 6.52. The van der Waals surface area contributed by atoms with Crippen molar-refractivity contribution in [2.75, 3.05) is 19.6 Å². The summed E-state index contributed by atoms with van der Waals surface area (Å²) in [6.07, 6.45) is 5.29. The van der Waals surface area contributed by atoms with Gasteiger partial charge in [-0.05, 0) is 18.6 Å². The molecule has 0 unspecified atom stereocenters. The molecule has 0 radical (unpaired) electrons. The van der Waals surface area contributed by atoms with Crippen molar-refractivity contribution in [3.05, 3.63) is 66.2 Å². The van der Waals surface area contributed by atoms with Gasteiger partial charge in [-0.15, -0.1) is 0 Å². The van der Waals surface area contributed by atoms with Gasteiger partial charge in [-0.1, -0.05) is 30.3 Å². The van der Waals surface area contributed by atoms with Gasteiger partial charge < -0.3 is 4.90 Å². The van der Waals surface area contributed by atoms with Crippen LogP contribution < -0.4 is 0 Å². The molecule has 1 fully saturated rings. The fourth-order valence-corrected chi connectivity index (χ4v) is 3.40. The molecule has 0 N–H and O–H groups in total. The molecule has 2 aromatic heterocycles. The minimum atomic E-state index is -0.0163.